The maximum Gasteiger partial charge on any atom is 0.255 e. The molecule has 2 aromatic rings. The average molecular weight is 286 g/mol. The van der Waals surface area contributed by atoms with Gasteiger partial charge in [-0.15, -0.1) is 0 Å². The molecule has 5 nitrogen and oxygen atoms in total. The van der Waals surface area contributed by atoms with Gasteiger partial charge in [-0.1, -0.05) is 20.8 Å². The number of hydrogen-bond donors (Lipinski definition) is 1. The molecule has 0 saturated carbocycles. The van der Waals surface area contributed by atoms with Crippen LogP contribution in [-0.2, 0) is 5.41 Å². The van der Waals surface area contributed by atoms with E-state index in [-0.39, 0.29) is 11.3 Å². The van der Waals surface area contributed by atoms with Gasteiger partial charge in [0.25, 0.3) is 5.91 Å². The molecule has 21 heavy (non-hydrogen) atoms. The van der Waals surface area contributed by atoms with Gasteiger partial charge in [0, 0.05) is 11.0 Å². The normalized spacial score (nSPS) is 14.9. The third kappa shape index (κ3) is 2.63. The van der Waals surface area contributed by atoms with Gasteiger partial charge in [-0.3, -0.25) is 4.79 Å². The van der Waals surface area contributed by atoms with Gasteiger partial charge in [-0.2, -0.15) is 0 Å². The van der Waals surface area contributed by atoms with Crippen LogP contribution < -0.4 is 10.1 Å². The monoisotopic (exact) mass is 286 g/mol. The highest BCUT2D eigenvalue weighted by Crippen LogP contribution is 2.30. The first kappa shape index (κ1) is 13.7. The molecule has 0 spiro atoms. The number of hydrogen-bond acceptors (Lipinski definition) is 4. The fourth-order valence-corrected chi connectivity index (χ4v) is 2.14. The first-order valence-corrected chi connectivity index (χ1v) is 6.97. The Morgan fingerprint density at radius 2 is 2.10 bits per heavy atom. The molecule has 5 heteroatoms. The zero-order chi connectivity index (χ0) is 15.0. The lowest BCUT2D eigenvalue weighted by atomic mass is 9.94. The molecule has 1 amide bonds. The van der Waals surface area contributed by atoms with Crippen LogP contribution in [0.15, 0.2) is 28.8 Å². The summed E-state index contributed by atoms with van der Waals surface area (Å²) in [7, 11) is 0. The van der Waals surface area contributed by atoms with Crippen LogP contribution in [0.5, 0.6) is 5.75 Å². The molecule has 1 N–H and O–H groups in total. The topological polar surface area (TPSA) is 64.4 Å². The molecule has 1 aromatic heterocycles. The predicted octanol–water partition coefficient (Wildman–Crippen LogP) is 2.76. The van der Waals surface area contributed by atoms with E-state index in [0.717, 1.165) is 11.3 Å². The molecular weight excluding hydrogens is 268 g/mol. The number of amides is 1. The molecule has 0 radical (unpaired) electrons. The minimum absolute atomic E-state index is 0.0998. The van der Waals surface area contributed by atoms with Crippen LogP contribution in [0.4, 0.5) is 0 Å². The molecule has 1 aliphatic rings. The number of carbonyl (C=O) groups excluding carboxylic acids is 1. The van der Waals surface area contributed by atoms with Crippen molar-refractivity contribution in [2.75, 3.05) is 13.2 Å². The summed E-state index contributed by atoms with van der Waals surface area (Å²) < 4.78 is 11.3. The van der Waals surface area contributed by atoms with Crippen LogP contribution in [0, 0.1) is 0 Å². The maximum absolute atomic E-state index is 12.0. The van der Waals surface area contributed by atoms with E-state index in [1.807, 2.05) is 6.07 Å². The molecule has 0 atom stereocenters. The number of nitrogens with zero attached hydrogens (tertiary/aromatic N) is 1. The van der Waals surface area contributed by atoms with Crippen molar-refractivity contribution in [1.29, 1.82) is 0 Å². The Kier molecular flexibility index (Phi) is 3.20. The van der Waals surface area contributed by atoms with Crippen LogP contribution in [0.2, 0.25) is 0 Å². The number of fused-ring (bicyclic) bond motifs is 1. The number of nitrogens with one attached hydrogen (secondary N) is 1. The van der Waals surface area contributed by atoms with Crippen molar-refractivity contribution in [2.45, 2.75) is 26.2 Å². The second-order valence-electron chi connectivity index (χ2n) is 6.09. The second-order valence-corrected chi connectivity index (χ2v) is 6.09. The molecule has 0 saturated heterocycles. The van der Waals surface area contributed by atoms with Crippen molar-refractivity contribution < 1.29 is 13.9 Å². The summed E-state index contributed by atoms with van der Waals surface area (Å²) in [6.07, 6.45) is 1.73. The first-order valence-electron chi connectivity index (χ1n) is 6.97. The summed E-state index contributed by atoms with van der Waals surface area (Å²) >= 11 is 0. The third-order valence-corrected chi connectivity index (χ3v) is 3.36. The molecule has 0 unspecified atom stereocenters. The van der Waals surface area contributed by atoms with Gasteiger partial charge in [0.2, 0.25) is 5.89 Å². The Bertz CT molecular complexity index is 683. The molecule has 2 heterocycles. The summed E-state index contributed by atoms with van der Waals surface area (Å²) in [6, 6.07) is 5.40. The molecule has 0 fully saturated rings. The third-order valence-electron chi connectivity index (χ3n) is 3.36. The minimum Gasteiger partial charge on any atom is -0.491 e. The Hall–Kier alpha value is -2.30. The minimum atomic E-state index is -0.132. The first-order chi connectivity index (χ1) is 9.95. The summed E-state index contributed by atoms with van der Waals surface area (Å²) in [5.41, 5.74) is 1.18. The van der Waals surface area contributed by atoms with Crippen molar-refractivity contribution in [1.82, 2.24) is 10.3 Å². The molecule has 1 aromatic carbocycles. The lowest BCUT2D eigenvalue weighted by Crippen LogP contribution is -2.24. The Morgan fingerprint density at radius 1 is 1.29 bits per heavy atom. The van der Waals surface area contributed by atoms with Gasteiger partial charge in [0.15, 0.2) is 0 Å². The molecular formula is C16H18N2O3. The summed E-state index contributed by atoms with van der Waals surface area (Å²) in [5.74, 6) is 1.79. The number of aromatic nitrogens is 1. The fraction of sp³-hybridized carbons (Fsp3) is 0.375. The summed E-state index contributed by atoms with van der Waals surface area (Å²) in [4.78, 5) is 16.3. The average Bonchev–Trinajstić information content (AvgIpc) is 2.86. The highest BCUT2D eigenvalue weighted by Gasteiger charge is 2.21. The van der Waals surface area contributed by atoms with Crippen LogP contribution >= 0.6 is 0 Å². The van der Waals surface area contributed by atoms with E-state index in [1.165, 1.54) is 0 Å². The number of oxazole rings is 1. The van der Waals surface area contributed by atoms with E-state index in [2.05, 4.69) is 31.1 Å². The molecule has 0 bridgehead atoms. The van der Waals surface area contributed by atoms with Gasteiger partial charge >= 0.3 is 0 Å². The molecule has 0 aliphatic carbocycles. The van der Waals surface area contributed by atoms with Crippen molar-refractivity contribution in [3.63, 3.8) is 0 Å². The van der Waals surface area contributed by atoms with E-state index in [4.69, 9.17) is 9.15 Å². The highest BCUT2D eigenvalue weighted by molar-refractivity contribution is 5.98. The van der Waals surface area contributed by atoms with Crippen LogP contribution in [-0.4, -0.2) is 24.0 Å². The maximum atomic E-state index is 12.0. The van der Waals surface area contributed by atoms with Crippen molar-refractivity contribution in [3.05, 3.63) is 35.7 Å². The van der Waals surface area contributed by atoms with E-state index in [9.17, 15) is 4.79 Å². The number of carbonyl (C=O) groups is 1. The zero-order valence-corrected chi connectivity index (χ0v) is 12.4. The number of ether oxygens (including phenoxy) is 1. The van der Waals surface area contributed by atoms with Gasteiger partial charge < -0.3 is 14.5 Å². The Labute approximate surface area is 123 Å². The zero-order valence-electron chi connectivity index (χ0n) is 12.4. The highest BCUT2D eigenvalue weighted by atomic mass is 16.5. The lowest BCUT2D eigenvalue weighted by molar-refractivity contribution is 0.0957. The SMILES string of the molecule is CC(C)(C)c1cnc(-c2ccc3c(c2)C(=O)NCCO3)o1. The van der Waals surface area contributed by atoms with Crippen molar-refractivity contribution >= 4 is 5.91 Å². The smallest absolute Gasteiger partial charge is 0.255 e. The van der Waals surface area contributed by atoms with Crippen LogP contribution in [0.25, 0.3) is 11.5 Å². The predicted molar refractivity (Wildman–Crippen MR) is 78.5 cm³/mol. The van der Waals surface area contributed by atoms with Crippen LogP contribution in [0.3, 0.4) is 0 Å². The van der Waals surface area contributed by atoms with Gasteiger partial charge in [-0.05, 0) is 18.2 Å². The quantitative estimate of drug-likeness (QED) is 0.875. The number of benzene rings is 1. The molecule has 3 rings (SSSR count). The van der Waals surface area contributed by atoms with Gasteiger partial charge in [0.05, 0.1) is 18.3 Å². The van der Waals surface area contributed by atoms with E-state index in [0.29, 0.717) is 30.4 Å². The van der Waals surface area contributed by atoms with Gasteiger partial charge in [-0.25, -0.2) is 4.98 Å². The molecule has 1 aliphatic heterocycles. The van der Waals surface area contributed by atoms with Gasteiger partial charge in [0.1, 0.15) is 18.1 Å². The van der Waals surface area contributed by atoms with E-state index in [1.54, 1.807) is 18.3 Å². The van der Waals surface area contributed by atoms with Crippen molar-refractivity contribution in [2.24, 2.45) is 0 Å². The van der Waals surface area contributed by atoms with E-state index >= 15 is 0 Å². The Morgan fingerprint density at radius 3 is 2.81 bits per heavy atom. The van der Waals surface area contributed by atoms with E-state index < -0.39 is 0 Å². The lowest BCUT2D eigenvalue weighted by Gasteiger charge is -2.13. The summed E-state index contributed by atoms with van der Waals surface area (Å²) in [6.45, 7) is 7.18. The van der Waals surface area contributed by atoms with Crippen LogP contribution in [0.1, 0.15) is 36.9 Å². The second kappa shape index (κ2) is 4.91. The summed E-state index contributed by atoms with van der Waals surface area (Å²) in [5, 5.41) is 2.79. The Balaban J connectivity index is 2.00. The number of rotatable bonds is 1. The largest absolute Gasteiger partial charge is 0.491 e. The standard InChI is InChI=1S/C16H18N2O3/c1-16(2,3)13-9-18-15(21-13)10-4-5-12-11(8-10)14(19)17-6-7-20-12/h4-5,8-9H,6-7H2,1-3H3,(H,17,19). The molecule has 110 valence electrons. The van der Waals surface area contributed by atoms with Crippen molar-refractivity contribution in [3.8, 4) is 17.2 Å². The fourth-order valence-electron chi connectivity index (χ4n) is 2.14.